The van der Waals surface area contributed by atoms with Crippen molar-refractivity contribution in [3.8, 4) is 0 Å². The highest BCUT2D eigenvalue weighted by atomic mass is 35.5. The fraction of sp³-hybridized carbons (Fsp3) is 0.357. The Morgan fingerprint density at radius 2 is 2.27 bits per heavy atom. The minimum Gasteiger partial charge on any atom is -0.379 e. The van der Waals surface area contributed by atoms with Crippen LogP contribution in [0.3, 0.4) is 0 Å². The van der Waals surface area contributed by atoms with Gasteiger partial charge in [-0.05, 0) is 31.0 Å². The van der Waals surface area contributed by atoms with E-state index in [1.807, 2.05) is 0 Å². The number of nitrogens with zero attached hydrogens (tertiary/aromatic N) is 2. The lowest BCUT2D eigenvalue weighted by molar-refractivity contribution is 0.184. The molecule has 0 aliphatic carbocycles. The third-order valence-electron chi connectivity index (χ3n) is 3.64. The van der Waals surface area contributed by atoms with Gasteiger partial charge >= 0.3 is 0 Å². The molecule has 1 fully saturated rings. The van der Waals surface area contributed by atoms with Crippen molar-refractivity contribution < 1.29 is 13.2 Å². The third-order valence-corrected chi connectivity index (χ3v) is 5.58. The molecule has 0 amide bonds. The smallest absolute Gasteiger partial charge is 0.262 e. The largest absolute Gasteiger partial charge is 0.379 e. The zero-order chi connectivity index (χ0) is 15.7. The second kappa shape index (κ2) is 5.91. The van der Waals surface area contributed by atoms with Crippen LogP contribution in [-0.2, 0) is 14.8 Å². The Bertz CT molecular complexity index is 782. The minimum absolute atomic E-state index is 0.158. The Labute approximate surface area is 134 Å². The zero-order valence-corrected chi connectivity index (χ0v) is 13.6. The van der Waals surface area contributed by atoms with Crippen LogP contribution in [0.25, 0.3) is 0 Å². The second-order valence-corrected chi connectivity index (χ2v) is 7.25. The molecule has 0 unspecified atom stereocenters. The van der Waals surface area contributed by atoms with Crippen LogP contribution >= 0.6 is 11.6 Å². The van der Waals surface area contributed by atoms with Crippen LogP contribution in [0.4, 0.5) is 5.69 Å². The topological polar surface area (TPSA) is 73.2 Å². The lowest BCUT2D eigenvalue weighted by Crippen LogP contribution is -2.14. The van der Waals surface area contributed by atoms with E-state index in [0.717, 1.165) is 6.42 Å². The minimum atomic E-state index is -3.70. The number of ether oxygens (including phenoxy) is 1. The van der Waals surface area contributed by atoms with Gasteiger partial charge in [-0.2, -0.15) is 5.10 Å². The van der Waals surface area contributed by atoms with E-state index in [4.69, 9.17) is 16.3 Å². The van der Waals surface area contributed by atoms with Crippen molar-refractivity contribution in [1.29, 1.82) is 0 Å². The predicted molar refractivity (Wildman–Crippen MR) is 83.7 cm³/mol. The number of hydrogen-bond donors (Lipinski definition) is 1. The summed E-state index contributed by atoms with van der Waals surface area (Å²) in [7, 11) is -3.70. The SMILES string of the molecule is Cc1c(Cl)cccc1S(=O)(=O)Nc1cnn([C@@H]2CCOC2)c1. The van der Waals surface area contributed by atoms with Crippen molar-refractivity contribution in [3.63, 3.8) is 0 Å². The summed E-state index contributed by atoms with van der Waals surface area (Å²) in [5, 5.41) is 4.62. The second-order valence-electron chi connectivity index (χ2n) is 5.19. The number of aromatic nitrogens is 2. The molecule has 1 atom stereocenters. The fourth-order valence-electron chi connectivity index (χ4n) is 2.41. The Morgan fingerprint density at radius 1 is 1.45 bits per heavy atom. The number of hydrogen-bond acceptors (Lipinski definition) is 4. The quantitative estimate of drug-likeness (QED) is 0.927. The molecule has 6 nitrogen and oxygen atoms in total. The van der Waals surface area contributed by atoms with E-state index in [1.54, 1.807) is 29.9 Å². The van der Waals surface area contributed by atoms with E-state index >= 15 is 0 Å². The van der Waals surface area contributed by atoms with E-state index in [9.17, 15) is 8.42 Å². The molecular formula is C14H16ClN3O3S. The van der Waals surface area contributed by atoms with Gasteiger partial charge in [-0.1, -0.05) is 17.7 Å². The molecule has 2 heterocycles. The molecule has 0 saturated carbocycles. The maximum atomic E-state index is 12.5. The van der Waals surface area contributed by atoms with Gasteiger partial charge in [-0.25, -0.2) is 8.42 Å². The van der Waals surface area contributed by atoms with Crippen LogP contribution in [0.2, 0.25) is 5.02 Å². The predicted octanol–water partition coefficient (Wildman–Crippen LogP) is 2.61. The first-order valence-corrected chi connectivity index (χ1v) is 8.73. The standard InChI is InChI=1S/C14H16ClN3O3S/c1-10-13(15)3-2-4-14(10)22(19,20)17-11-7-16-18(8-11)12-5-6-21-9-12/h2-4,7-8,12,17H,5-6,9H2,1H3/t12-/m1/s1. The third kappa shape index (κ3) is 2.97. The first kappa shape index (κ1) is 15.3. The number of nitrogens with one attached hydrogen (secondary N) is 1. The maximum absolute atomic E-state index is 12.5. The normalized spacial score (nSPS) is 18.5. The van der Waals surface area contributed by atoms with Gasteiger partial charge in [0.05, 0.1) is 29.4 Å². The van der Waals surface area contributed by atoms with Gasteiger partial charge in [0.25, 0.3) is 10.0 Å². The lowest BCUT2D eigenvalue weighted by Gasteiger charge is -2.10. The van der Waals surface area contributed by atoms with Crippen LogP contribution in [0.5, 0.6) is 0 Å². The van der Waals surface area contributed by atoms with E-state index in [-0.39, 0.29) is 10.9 Å². The molecule has 118 valence electrons. The highest BCUT2D eigenvalue weighted by Crippen LogP contribution is 2.25. The molecule has 3 rings (SSSR count). The van der Waals surface area contributed by atoms with Crippen molar-refractivity contribution in [2.45, 2.75) is 24.3 Å². The monoisotopic (exact) mass is 341 g/mol. The number of halogens is 1. The maximum Gasteiger partial charge on any atom is 0.262 e. The van der Waals surface area contributed by atoms with Crippen molar-refractivity contribution in [2.75, 3.05) is 17.9 Å². The molecule has 1 aliphatic rings. The molecule has 1 aliphatic heterocycles. The molecule has 0 spiro atoms. The van der Waals surface area contributed by atoms with Gasteiger partial charge in [0, 0.05) is 17.8 Å². The highest BCUT2D eigenvalue weighted by Gasteiger charge is 2.21. The summed E-state index contributed by atoms with van der Waals surface area (Å²) in [5.41, 5.74) is 0.944. The van der Waals surface area contributed by atoms with E-state index in [2.05, 4.69) is 9.82 Å². The fourth-order valence-corrected chi connectivity index (χ4v) is 3.94. The zero-order valence-electron chi connectivity index (χ0n) is 12.0. The average Bonchev–Trinajstić information content (AvgIpc) is 3.11. The molecular weight excluding hydrogens is 326 g/mol. The number of anilines is 1. The van der Waals surface area contributed by atoms with Gasteiger partial charge in [-0.15, -0.1) is 0 Å². The Balaban J connectivity index is 1.84. The summed E-state index contributed by atoms with van der Waals surface area (Å²) in [6.45, 7) is 2.98. The summed E-state index contributed by atoms with van der Waals surface area (Å²) in [6, 6.07) is 4.96. The van der Waals surface area contributed by atoms with Gasteiger partial charge in [0.2, 0.25) is 0 Å². The van der Waals surface area contributed by atoms with Crippen LogP contribution in [0.15, 0.2) is 35.5 Å². The van der Waals surface area contributed by atoms with Crippen LogP contribution in [-0.4, -0.2) is 31.4 Å². The molecule has 1 aromatic carbocycles. The Hall–Kier alpha value is -1.57. The van der Waals surface area contributed by atoms with Crippen molar-refractivity contribution >= 4 is 27.3 Å². The first-order chi connectivity index (χ1) is 10.5. The molecule has 1 saturated heterocycles. The summed E-state index contributed by atoms with van der Waals surface area (Å²) in [4.78, 5) is 0.164. The summed E-state index contributed by atoms with van der Waals surface area (Å²) in [5.74, 6) is 0. The van der Waals surface area contributed by atoms with Crippen molar-refractivity contribution in [2.24, 2.45) is 0 Å². The first-order valence-electron chi connectivity index (χ1n) is 6.87. The van der Waals surface area contributed by atoms with E-state index in [0.29, 0.717) is 29.5 Å². The number of benzene rings is 1. The highest BCUT2D eigenvalue weighted by molar-refractivity contribution is 7.92. The molecule has 1 N–H and O–H groups in total. The van der Waals surface area contributed by atoms with Gasteiger partial charge in [0.15, 0.2) is 0 Å². The van der Waals surface area contributed by atoms with Crippen molar-refractivity contribution in [3.05, 3.63) is 41.2 Å². The summed E-state index contributed by atoms with van der Waals surface area (Å²) < 4.78 is 34.5. The number of sulfonamides is 1. The van der Waals surface area contributed by atoms with Gasteiger partial charge in [0.1, 0.15) is 0 Å². The molecule has 22 heavy (non-hydrogen) atoms. The van der Waals surface area contributed by atoms with E-state index < -0.39 is 10.0 Å². The number of rotatable bonds is 4. The van der Waals surface area contributed by atoms with E-state index in [1.165, 1.54) is 12.3 Å². The molecule has 2 aromatic rings. The van der Waals surface area contributed by atoms with Crippen LogP contribution in [0, 0.1) is 6.92 Å². The lowest BCUT2D eigenvalue weighted by atomic mass is 10.2. The van der Waals surface area contributed by atoms with Gasteiger partial charge < -0.3 is 4.74 Å². The molecule has 1 aromatic heterocycles. The summed E-state index contributed by atoms with van der Waals surface area (Å²) in [6.07, 6.45) is 4.05. The molecule has 8 heteroatoms. The Morgan fingerprint density at radius 3 is 3.00 bits per heavy atom. The molecule has 0 bridgehead atoms. The van der Waals surface area contributed by atoms with Crippen LogP contribution in [0.1, 0.15) is 18.0 Å². The van der Waals surface area contributed by atoms with Crippen molar-refractivity contribution in [1.82, 2.24) is 9.78 Å². The van der Waals surface area contributed by atoms with Crippen LogP contribution < -0.4 is 4.72 Å². The van der Waals surface area contributed by atoms with Gasteiger partial charge in [-0.3, -0.25) is 9.40 Å². The average molecular weight is 342 g/mol. The Kier molecular flexibility index (Phi) is 4.12. The molecule has 0 radical (unpaired) electrons. The summed E-state index contributed by atoms with van der Waals surface area (Å²) >= 11 is 5.99.